The van der Waals surface area contributed by atoms with Gasteiger partial charge in [0, 0.05) is 29.6 Å². The average Bonchev–Trinajstić information content (AvgIpc) is 2.66. The zero-order valence-electron chi connectivity index (χ0n) is 15.6. The van der Waals surface area contributed by atoms with Crippen LogP contribution in [0.2, 0.25) is 0 Å². The molecule has 0 spiro atoms. The summed E-state index contributed by atoms with van der Waals surface area (Å²) in [6, 6.07) is 7.54. The van der Waals surface area contributed by atoms with E-state index in [4.69, 9.17) is 4.74 Å². The maximum absolute atomic E-state index is 15.3. The Morgan fingerprint density at radius 1 is 1.19 bits per heavy atom. The molecule has 0 unspecified atom stereocenters. The Bertz CT molecular complexity index is 806. The lowest BCUT2D eigenvalue weighted by molar-refractivity contribution is -0.108. The Morgan fingerprint density at radius 3 is 2.41 bits per heavy atom. The fraction of sp³-hybridized carbons (Fsp3) is 0.333. The second-order valence-corrected chi connectivity index (χ2v) is 6.31. The minimum atomic E-state index is -0.679. The maximum Gasteiger partial charge on any atom is 0.199 e. The molecule has 0 aromatic heterocycles. The van der Waals surface area contributed by atoms with Crippen molar-refractivity contribution in [1.82, 2.24) is 5.32 Å². The van der Waals surface area contributed by atoms with E-state index in [-0.39, 0.29) is 29.0 Å². The topological polar surface area (TPSA) is 55.4 Å². The van der Waals surface area contributed by atoms with E-state index in [0.717, 1.165) is 18.4 Å². The number of hydrogen-bond donors (Lipinski definition) is 1. The van der Waals surface area contributed by atoms with Crippen LogP contribution in [-0.2, 0) is 4.79 Å². The molecular weight excluding hydrogens is 352 g/mol. The lowest BCUT2D eigenvalue weighted by atomic mass is 9.95. The molecule has 2 atom stereocenters. The third-order valence-electron chi connectivity index (χ3n) is 4.41. The van der Waals surface area contributed by atoms with Gasteiger partial charge in [0.1, 0.15) is 29.2 Å². The highest BCUT2D eigenvalue weighted by Gasteiger charge is 2.25. The van der Waals surface area contributed by atoms with E-state index in [2.05, 4.69) is 5.32 Å². The average molecular weight is 375 g/mol. The minimum Gasteiger partial charge on any atom is -0.496 e. The summed E-state index contributed by atoms with van der Waals surface area (Å²) in [7, 11) is 1.36. The molecular formula is C21H23F2NO3. The van der Waals surface area contributed by atoms with Gasteiger partial charge in [-0.1, -0.05) is 13.0 Å². The Hall–Kier alpha value is -2.60. The highest BCUT2D eigenvalue weighted by atomic mass is 19.1. The van der Waals surface area contributed by atoms with Gasteiger partial charge in [-0.2, -0.15) is 0 Å². The van der Waals surface area contributed by atoms with E-state index in [9.17, 15) is 14.0 Å². The van der Waals surface area contributed by atoms with Crippen molar-refractivity contribution in [2.24, 2.45) is 0 Å². The van der Waals surface area contributed by atoms with Crippen molar-refractivity contribution in [3.8, 4) is 5.75 Å². The number of carbonyl (C=O) groups is 2. The van der Waals surface area contributed by atoms with E-state index in [1.54, 1.807) is 12.1 Å². The zero-order chi connectivity index (χ0) is 20.0. The van der Waals surface area contributed by atoms with Crippen LogP contribution in [0.4, 0.5) is 8.78 Å². The molecule has 0 aliphatic heterocycles. The summed E-state index contributed by atoms with van der Waals surface area (Å²) < 4.78 is 33.6. The van der Waals surface area contributed by atoms with Crippen molar-refractivity contribution in [2.45, 2.75) is 38.8 Å². The summed E-state index contributed by atoms with van der Waals surface area (Å²) in [4.78, 5) is 23.5. The molecule has 4 nitrogen and oxygen atoms in total. The molecule has 2 aromatic rings. The number of aldehydes is 1. The number of carbonyl (C=O) groups excluding carboxylic acids is 2. The van der Waals surface area contributed by atoms with Gasteiger partial charge in [0.05, 0.1) is 7.11 Å². The van der Waals surface area contributed by atoms with Crippen LogP contribution in [0.25, 0.3) is 0 Å². The monoisotopic (exact) mass is 375 g/mol. The van der Waals surface area contributed by atoms with Gasteiger partial charge in [0.2, 0.25) is 0 Å². The first-order valence-corrected chi connectivity index (χ1v) is 8.79. The van der Waals surface area contributed by atoms with Crippen LogP contribution in [0.15, 0.2) is 36.4 Å². The fourth-order valence-electron chi connectivity index (χ4n) is 2.95. The molecule has 0 aliphatic carbocycles. The number of rotatable bonds is 9. The summed E-state index contributed by atoms with van der Waals surface area (Å²) in [6.45, 7) is 3.72. The molecule has 2 aromatic carbocycles. The first-order chi connectivity index (χ1) is 12.9. The summed E-state index contributed by atoms with van der Waals surface area (Å²) in [5, 5.41) is 3.20. The quantitative estimate of drug-likeness (QED) is 0.527. The molecule has 2 rings (SSSR count). The van der Waals surface area contributed by atoms with Gasteiger partial charge in [-0.05, 0) is 43.7 Å². The maximum atomic E-state index is 15.3. The first kappa shape index (κ1) is 20.7. The van der Waals surface area contributed by atoms with Crippen LogP contribution in [0.5, 0.6) is 5.75 Å². The van der Waals surface area contributed by atoms with E-state index in [1.807, 2.05) is 13.8 Å². The minimum absolute atomic E-state index is 0.112. The van der Waals surface area contributed by atoms with Gasteiger partial charge < -0.3 is 14.8 Å². The number of methoxy groups -OCH3 is 1. The number of ketones is 1. The van der Waals surface area contributed by atoms with Crippen molar-refractivity contribution in [1.29, 1.82) is 0 Å². The summed E-state index contributed by atoms with van der Waals surface area (Å²) in [5.74, 6) is -1.63. The second kappa shape index (κ2) is 9.37. The molecule has 0 heterocycles. The molecule has 0 amide bonds. The van der Waals surface area contributed by atoms with Gasteiger partial charge in [-0.15, -0.1) is 0 Å². The lowest BCUT2D eigenvalue weighted by Gasteiger charge is -2.23. The van der Waals surface area contributed by atoms with Crippen LogP contribution in [0, 0.1) is 11.6 Å². The summed E-state index contributed by atoms with van der Waals surface area (Å²) >= 11 is 0. The van der Waals surface area contributed by atoms with Crippen molar-refractivity contribution < 1.29 is 23.1 Å². The lowest BCUT2D eigenvalue weighted by Crippen LogP contribution is -2.31. The SMILES string of the molecule is CC[C@@H](N[C@@H](C)CC=O)c1ccc(OC)c(C(=O)c2ccc(F)cc2)c1F. The van der Waals surface area contributed by atoms with Crippen molar-refractivity contribution >= 4 is 12.1 Å². The number of ether oxygens (including phenoxy) is 1. The molecule has 6 heteroatoms. The smallest absolute Gasteiger partial charge is 0.199 e. The van der Waals surface area contributed by atoms with Gasteiger partial charge in [0.15, 0.2) is 5.78 Å². The van der Waals surface area contributed by atoms with Crippen molar-refractivity contribution in [3.05, 3.63) is 64.7 Å². The Labute approximate surface area is 157 Å². The largest absolute Gasteiger partial charge is 0.496 e. The van der Waals surface area contributed by atoms with Crippen LogP contribution < -0.4 is 10.1 Å². The predicted octanol–water partition coefficient (Wildman–Crippen LogP) is 4.22. The number of hydrogen-bond acceptors (Lipinski definition) is 4. The van der Waals surface area contributed by atoms with Crippen LogP contribution in [0.3, 0.4) is 0 Å². The molecule has 0 saturated heterocycles. The molecule has 0 aliphatic rings. The van der Waals surface area contributed by atoms with Gasteiger partial charge in [-0.25, -0.2) is 8.78 Å². The number of nitrogens with one attached hydrogen (secondary N) is 1. The first-order valence-electron chi connectivity index (χ1n) is 8.79. The number of benzene rings is 2. The molecule has 27 heavy (non-hydrogen) atoms. The van der Waals surface area contributed by atoms with Crippen LogP contribution in [-0.4, -0.2) is 25.2 Å². The molecule has 0 bridgehead atoms. The normalized spacial score (nSPS) is 13.1. The highest BCUT2D eigenvalue weighted by Crippen LogP contribution is 2.31. The van der Waals surface area contributed by atoms with E-state index in [1.165, 1.54) is 19.2 Å². The van der Waals surface area contributed by atoms with Crippen LogP contribution >= 0.6 is 0 Å². The Kier molecular flexibility index (Phi) is 7.19. The van der Waals surface area contributed by atoms with Crippen molar-refractivity contribution in [3.63, 3.8) is 0 Å². The second-order valence-electron chi connectivity index (χ2n) is 6.31. The molecule has 1 N–H and O–H groups in total. The van der Waals surface area contributed by atoms with Gasteiger partial charge in [-0.3, -0.25) is 4.79 Å². The van der Waals surface area contributed by atoms with Gasteiger partial charge in [0.25, 0.3) is 0 Å². The molecule has 0 radical (unpaired) electrons. The zero-order valence-corrected chi connectivity index (χ0v) is 15.6. The van der Waals surface area contributed by atoms with Crippen LogP contribution in [0.1, 0.15) is 54.2 Å². The van der Waals surface area contributed by atoms with E-state index in [0.29, 0.717) is 18.4 Å². The van der Waals surface area contributed by atoms with Crippen molar-refractivity contribution in [2.75, 3.05) is 7.11 Å². The summed E-state index contributed by atoms with van der Waals surface area (Å²) in [6.07, 6.45) is 1.67. The highest BCUT2D eigenvalue weighted by molar-refractivity contribution is 6.11. The third kappa shape index (κ3) is 4.77. The third-order valence-corrected chi connectivity index (χ3v) is 4.41. The predicted molar refractivity (Wildman–Crippen MR) is 99.1 cm³/mol. The number of halogens is 2. The van der Waals surface area contributed by atoms with Gasteiger partial charge >= 0.3 is 0 Å². The fourth-order valence-corrected chi connectivity index (χ4v) is 2.95. The molecule has 0 saturated carbocycles. The Balaban J connectivity index is 2.47. The van der Waals surface area contributed by atoms with E-state index >= 15 is 4.39 Å². The van der Waals surface area contributed by atoms with E-state index < -0.39 is 17.4 Å². The summed E-state index contributed by atoms with van der Waals surface area (Å²) in [5.41, 5.74) is 0.299. The Morgan fingerprint density at radius 2 is 1.85 bits per heavy atom. The standard InChI is InChI=1S/C21H23F2NO3/c1-4-17(24-13(2)11-12-25)16-9-10-18(27-3)19(20(16)23)21(26)14-5-7-15(22)8-6-14/h5-10,12-13,17,24H,4,11H2,1-3H3/t13-,17+/m0/s1. The molecule has 144 valence electrons. The molecule has 0 fully saturated rings.